The van der Waals surface area contributed by atoms with Gasteiger partial charge in [0, 0.05) is 6.54 Å². The van der Waals surface area contributed by atoms with E-state index in [1.807, 2.05) is 0 Å². The van der Waals surface area contributed by atoms with Crippen molar-refractivity contribution < 1.29 is 19.5 Å². The van der Waals surface area contributed by atoms with Gasteiger partial charge in [0.1, 0.15) is 6.04 Å². The quantitative estimate of drug-likeness (QED) is 0.494. The lowest BCUT2D eigenvalue weighted by Gasteiger charge is -2.33. The predicted octanol–water partition coefficient (Wildman–Crippen LogP) is -1.18. The average Bonchev–Trinajstić information content (AvgIpc) is 2.28. The number of carbonyl (C=O) groups excluding carboxylic acids is 2. The summed E-state index contributed by atoms with van der Waals surface area (Å²) in [6, 6.07) is -1.26. The Bertz CT molecular complexity index is 350. The second-order valence-electron chi connectivity index (χ2n) is 4.88. The lowest BCUT2D eigenvalue weighted by Crippen LogP contribution is -2.53. The summed E-state index contributed by atoms with van der Waals surface area (Å²) in [5.41, 5.74) is 4.32. The van der Waals surface area contributed by atoms with Crippen molar-refractivity contribution in [2.45, 2.75) is 32.2 Å². The number of carboxylic acid groups (broad SMARTS) is 1. The van der Waals surface area contributed by atoms with Crippen LogP contribution >= 0.6 is 0 Å². The molecular formula is C11H19N3O4. The van der Waals surface area contributed by atoms with E-state index in [4.69, 9.17) is 10.8 Å². The van der Waals surface area contributed by atoms with Gasteiger partial charge in [-0.15, -0.1) is 0 Å². The van der Waals surface area contributed by atoms with Gasteiger partial charge in [-0.2, -0.15) is 0 Å². The molecule has 7 nitrogen and oxygen atoms in total. The van der Waals surface area contributed by atoms with Gasteiger partial charge in [0.25, 0.3) is 0 Å². The minimum Gasteiger partial charge on any atom is -0.480 e. The first-order valence-electron chi connectivity index (χ1n) is 5.88. The molecule has 1 unspecified atom stereocenters. The summed E-state index contributed by atoms with van der Waals surface area (Å²) in [5, 5.41) is 14.4. The number of carboxylic acids is 1. The lowest BCUT2D eigenvalue weighted by atomic mass is 9.81. The number of amides is 2. The molecule has 2 atom stereocenters. The fourth-order valence-electron chi connectivity index (χ4n) is 1.98. The van der Waals surface area contributed by atoms with Gasteiger partial charge in [0.05, 0.1) is 11.8 Å². The highest BCUT2D eigenvalue weighted by Crippen LogP contribution is 2.25. The molecule has 5 N–H and O–H groups in total. The summed E-state index contributed by atoms with van der Waals surface area (Å²) in [7, 11) is 0. The molecule has 2 amide bonds. The molecule has 1 aliphatic rings. The molecule has 0 aromatic carbocycles. The van der Waals surface area contributed by atoms with Gasteiger partial charge < -0.3 is 21.5 Å². The maximum absolute atomic E-state index is 12.0. The van der Waals surface area contributed by atoms with Crippen LogP contribution in [-0.4, -0.2) is 42.0 Å². The molecule has 0 radical (unpaired) electrons. The molecule has 0 aliphatic carbocycles. The number of aliphatic carboxylic acids is 1. The third kappa shape index (κ3) is 3.69. The average molecular weight is 257 g/mol. The summed E-state index contributed by atoms with van der Waals surface area (Å²) in [5.74, 6) is -2.37. The van der Waals surface area contributed by atoms with Crippen LogP contribution in [0.25, 0.3) is 0 Å². The second-order valence-corrected chi connectivity index (χ2v) is 4.88. The lowest BCUT2D eigenvalue weighted by molar-refractivity contribution is -0.145. The van der Waals surface area contributed by atoms with Crippen LogP contribution in [0, 0.1) is 5.41 Å². The first-order chi connectivity index (χ1) is 8.35. The molecule has 1 saturated heterocycles. The van der Waals surface area contributed by atoms with Crippen LogP contribution in [0.1, 0.15) is 26.2 Å². The Labute approximate surface area is 105 Å². The number of rotatable bonds is 5. The maximum atomic E-state index is 12.0. The van der Waals surface area contributed by atoms with Crippen LogP contribution in [0.4, 0.5) is 0 Å². The fraction of sp³-hybridized carbons (Fsp3) is 0.727. The van der Waals surface area contributed by atoms with Crippen molar-refractivity contribution in [1.29, 1.82) is 0 Å². The Morgan fingerprint density at radius 2 is 2.17 bits per heavy atom. The first-order valence-corrected chi connectivity index (χ1v) is 5.88. The largest absolute Gasteiger partial charge is 0.480 e. The van der Waals surface area contributed by atoms with Gasteiger partial charge >= 0.3 is 5.97 Å². The number of carbonyl (C=O) groups is 3. The zero-order valence-corrected chi connectivity index (χ0v) is 10.4. The SMILES string of the molecule is CC1(C(=O)N[C@H](CC(N)=O)C(=O)O)CCCNC1. The van der Waals surface area contributed by atoms with E-state index in [-0.39, 0.29) is 5.91 Å². The topological polar surface area (TPSA) is 122 Å². The molecule has 1 fully saturated rings. The molecule has 0 aromatic heterocycles. The highest BCUT2D eigenvalue weighted by Gasteiger charge is 2.36. The van der Waals surface area contributed by atoms with Crippen LogP contribution < -0.4 is 16.4 Å². The van der Waals surface area contributed by atoms with E-state index in [2.05, 4.69) is 10.6 Å². The summed E-state index contributed by atoms with van der Waals surface area (Å²) in [6.45, 7) is 3.13. The highest BCUT2D eigenvalue weighted by atomic mass is 16.4. The molecule has 0 saturated carbocycles. The van der Waals surface area contributed by atoms with Gasteiger partial charge in [0.2, 0.25) is 11.8 Å². The Morgan fingerprint density at radius 1 is 1.50 bits per heavy atom. The van der Waals surface area contributed by atoms with Gasteiger partial charge in [-0.1, -0.05) is 0 Å². The Balaban J connectivity index is 2.65. The van der Waals surface area contributed by atoms with Crippen LogP contribution in [0.5, 0.6) is 0 Å². The van der Waals surface area contributed by atoms with Crippen molar-refractivity contribution in [3.63, 3.8) is 0 Å². The van der Waals surface area contributed by atoms with E-state index >= 15 is 0 Å². The molecule has 0 spiro atoms. The van der Waals surface area contributed by atoms with Crippen molar-refractivity contribution in [3.8, 4) is 0 Å². The zero-order chi connectivity index (χ0) is 13.8. The minimum absolute atomic E-state index is 0.358. The van der Waals surface area contributed by atoms with Crippen molar-refractivity contribution >= 4 is 17.8 Å². The summed E-state index contributed by atoms with van der Waals surface area (Å²) < 4.78 is 0. The summed E-state index contributed by atoms with van der Waals surface area (Å²) in [6.07, 6.45) is 1.15. The standard InChI is InChI=1S/C11H19N3O4/c1-11(3-2-4-13-6-11)10(18)14-7(9(16)17)5-8(12)15/h7,13H,2-6H2,1H3,(H2,12,15)(H,14,18)(H,16,17)/t7-,11?/m1/s1. The molecule has 18 heavy (non-hydrogen) atoms. The van der Waals surface area contributed by atoms with Crippen LogP contribution in [-0.2, 0) is 14.4 Å². The number of hydrogen-bond acceptors (Lipinski definition) is 4. The number of piperidine rings is 1. The Kier molecular flexibility index (Phi) is 4.66. The van der Waals surface area contributed by atoms with Crippen LogP contribution in [0.2, 0.25) is 0 Å². The maximum Gasteiger partial charge on any atom is 0.326 e. The monoisotopic (exact) mass is 257 g/mol. The number of hydrogen-bond donors (Lipinski definition) is 4. The number of nitrogens with two attached hydrogens (primary N) is 1. The van der Waals surface area contributed by atoms with Gasteiger partial charge in [-0.05, 0) is 26.3 Å². The van der Waals surface area contributed by atoms with E-state index in [0.29, 0.717) is 13.0 Å². The molecule has 0 bridgehead atoms. The minimum atomic E-state index is -1.26. The molecule has 102 valence electrons. The third-order valence-corrected chi connectivity index (χ3v) is 3.15. The molecule has 0 aromatic rings. The third-order valence-electron chi connectivity index (χ3n) is 3.15. The van der Waals surface area contributed by atoms with Crippen molar-refractivity contribution in [3.05, 3.63) is 0 Å². The number of primary amides is 1. The molecular weight excluding hydrogens is 238 g/mol. The van der Waals surface area contributed by atoms with Crippen molar-refractivity contribution in [1.82, 2.24) is 10.6 Å². The van der Waals surface area contributed by atoms with E-state index < -0.39 is 29.8 Å². The van der Waals surface area contributed by atoms with E-state index in [1.54, 1.807) is 6.92 Å². The van der Waals surface area contributed by atoms with E-state index in [0.717, 1.165) is 13.0 Å². The fourth-order valence-corrected chi connectivity index (χ4v) is 1.98. The summed E-state index contributed by atoms with van der Waals surface area (Å²) in [4.78, 5) is 33.7. The highest BCUT2D eigenvalue weighted by molar-refractivity contribution is 5.90. The van der Waals surface area contributed by atoms with Crippen LogP contribution in [0.15, 0.2) is 0 Å². The molecule has 7 heteroatoms. The first kappa shape index (κ1) is 14.4. The van der Waals surface area contributed by atoms with Gasteiger partial charge in [0.15, 0.2) is 0 Å². The smallest absolute Gasteiger partial charge is 0.326 e. The Morgan fingerprint density at radius 3 is 2.61 bits per heavy atom. The van der Waals surface area contributed by atoms with E-state index in [9.17, 15) is 14.4 Å². The summed E-state index contributed by atoms with van der Waals surface area (Å²) >= 11 is 0. The van der Waals surface area contributed by atoms with E-state index in [1.165, 1.54) is 0 Å². The number of nitrogens with one attached hydrogen (secondary N) is 2. The molecule has 1 rings (SSSR count). The molecule has 1 heterocycles. The normalized spacial score (nSPS) is 25.2. The Hall–Kier alpha value is -1.63. The second kappa shape index (κ2) is 5.81. The van der Waals surface area contributed by atoms with Gasteiger partial charge in [-0.3, -0.25) is 9.59 Å². The molecule has 1 aliphatic heterocycles. The predicted molar refractivity (Wildman–Crippen MR) is 63.6 cm³/mol. The van der Waals surface area contributed by atoms with Crippen molar-refractivity contribution in [2.75, 3.05) is 13.1 Å². The van der Waals surface area contributed by atoms with Gasteiger partial charge in [-0.25, -0.2) is 4.79 Å². The van der Waals surface area contributed by atoms with Crippen LogP contribution in [0.3, 0.4) is 0 Å². The zero-order valence-electron chi connectivity index (χ0n) is 10.4. The van der Waals surface area contributed by atoms with Crippen molar-refractivity contribution in [2.24, 2.45) is 11.1 Å².